The van der Waals surface area contributed by atoms with E-state index in [-0.39, 0.29) is 28.3 Å². The molecule has 1 aliphatic rings. The molecule has 0 unspecified atom stereocenters. The van der Waals surface area contributed by atoms with Crippen LogP contribution in [0.15, 0.2) is 36.7 Å². The molecule has 1 aromatic heterocycles. The third-order valence-electron chi connectivity index (χ3n) is 5.86. The molecule has 4 N–H and O–H groups in total. The lowest BCUT2D eigenvalue weighted by molar-refractivity contribution is 0.472. The van der Waals surface area contributed by atoms with Gasteiger partial charge in [-0.2, -0.15) is 9.65 Å². The van der Waals surface area contributed by atoms with E-state index in [0.717, 1.165) is 18.5 Å². The van der Waals surface area contributed by atoms with Gasteiger partial charge < -0.3 is 20.5 Å². The van der Waals surface area contributed by atoms with E-state index in [0.29, 0.717) is 43.0 Å². The van der Waals surface area contributed by atoms with E-state index >= 15 is 4.39 Å². The molecule has 0 amide bonds. The number of hydrogen-bond donors (Lipinski definition) is 4. The number of halogens is 2. The monoisotopic (exact) mass is 464 g/mol. The highest BCUT2D eigenvalue weighted by Crippen LogP contribution is 2.40. The van der Waals surface area contributed by atoms with Gasteiger partial charge in [-0.3, -0.25) is 10.8 Å². The first-order valence-electron chi connectivity index (χ1n) is 10.7. The van der Waals surface area contributed by atoms with Gasteiger partial charge in [0.1, 0.15) is 17.7 Å². The minimum absolute atomic E-state index is 0.0286. The molecule has 8 nitrogen and oxygen atoms in total. The molecule has 0 spiro atoms. The summed E-state index contributed by atoms with van der Waals surface area (Å²) in [7, 11) is 3.32. The van der Waals surface area contributed by atoms with Gasteiger partial charge in [-0.25, -0.2) is 9.37 Å². The molecule has 1 aromatic carbocycles. The topological polar surface area (TPSA) is 127 Å². The Labute approximate surface area is 197 Å². The molecule has 0 saturated carbocycles. The van der Waals surface area contributed by atoms with Gasteiger partial charge in [0.15, 0.2) is 0 Å². The lowest BCUT2D eigenvalue weighted by Gasteiger charge is -2.37. The van der Waals surface area contributed by atoms with E-state index in [1.54, 1.807) is 14.1 Å². The zero-order valence-electron chi connectivity index (χ0n) is 19.0. The SMILES string of the molecule is CN/C=C\C(=N)c1cc(F)c(-c2ccc(F)nc2)c(N2CCC(C(=N)N(C)C=N)CC2)c1C#N. The maximum atomic E-state index is 15.5. The predicted octanol–water partition coefficient (Wildman–Crippen LogP) is 3.73. The maximum absolute atomic E-state index is 15.5. The van der Waals surface area contributed by atoms with Crippen molar-refractivity contribution in [3.63, 3.8) is 0 Å². The summed E-state index contributed by atoms with van der Waals surface area (Å²) in [6, 6.07) is 5.86. The smallest absolute Gasteiger partial charge is 0.212 e. The average molecular weight is 465 g/mol. The average Bonchev–Trinajstić information content (AvgIpc) is 2.86. The van der Waals surface area contributed by atoms with Crippen LogP contribution in [0.25, 0.3) is 11.1 Å². The number of hydrogen-bond acceptors (Lipinski definition) is 7. The summed E-state index contributed by atoms with van der Waals surface area (Å²) in [5.74, 6) is -1.08. The summed E-state index contributed by atoms with van der Waals surface area (Å²) >= 11 is 0. The fraction of sp³-hybridized carbons (Fsp3) is 0.292. The molecule has 0 atom stereocenters. The zero-order chi connectivity index (χ0) is 24.8. The quantitative estimate of drug-likeness (QED) is 0.282. The molecule has 34 heavy (non-hydrogen) atoms. The highest BCUT2D eigenvalue weighted by atomic mass is 19.1. The Balaban J connectivity index is 2.12. The number of piperidine rings is 1. The third-order valence-corrected chi connectivity index (χ3v) is 5.86. The van der Waals surface area contributed by atoms with Crippen LogP contribution in [0.5, 0.6) is 0 Å². The Morgan fingerprint density at radius 2 is 2.00 bits per heavy atom. The highest BCUT2D eigenvalue weighted by Gasteiger charge is 2.30. The number of rotatable bonds is 7. The predicted molar refractivity (Wildman–Crippen MR) is 129 cm³/mol. The van der Waals surface area contributed by atoms with E-state index < -0.39 is 11.8 Å². The molecule has 1 saturated heterocycles. The molecular weight excluding hydrogens is 438 g/mol. The van der Waals surface area contributed by atoms with E-state index in [1.807, 2.05) is 4.90 Å². The lowest BCUT2D eigenvalue weighted by Crippen LogP contribution is -2.41. The molecule has 0 radical (unpaired) electrons. The summed E-state index contributed by atoms with van der Waals surface area (Å²) < 4.78 is 29.0. The van der Waals surface area contributed by atoms with E-state index in [2.05, 4.69) is 16.4 Å². The van der Waals surface area contributed by atoms with Crippen molar-refractivity contribution in [1.82, 2.24) is 15.2 Å². The van der Waals surface area contributed by atoms with Crippen LogP contribution < -0.4 is 10.2 Å². The van der Waals surface area contributed by atoms with Crippen molar-refractivity contribution < 1.29 is 8.78 Å². The number of amidine groups is 1. The second kappa shape index (κ2) is 10.7. The van der Waals surface area contributed by atoms with Crippen molar-refractivity contribution in [3.8, 4) is 17.2 Å². The Morgan fingerprint density at radius 1 is 1.29 bits per heavy atom. The number of aromatic nitrogens is 1. The molecule has 3 rings (SSSR count). The Kier molecular flexibility index (Phi) is 7.68. The molecular formula is C24H26F2N8. The first-order chi connectivity index (χ1) is 16.3. The van der Waals surface area contributed by atoms with Crippen molar-refractivity contribution in [2.75, 3.05) is 32.1 Å². The molecule has 1 fully saturated rings. The number of nitriles is 1. The van der Waals surface area contributed by atoms with Crippen LogP contribution in [0.3, 0.4) is 0 Å². The molecule has 0 aliphatic carbocycles. The Morgan fingerprint density at radius 3 is 2.56 bits per heavy atom. The van der Waals surface area contributed by atoms with Gasteiger partial charge in [-0.15, -0.1) is 0 Å². The Hall–Kier alpha value is -4.13. The summed E-state index contributed by atoms with van der Waals surface area (Å²) in [6.07, 6.45) is 6.43. The minimum Gasteiger partial charge on any atom is -0.394 e. The summed E-state index contributed by atoms with van der Waals surface area (Å²) in [6.45, 7) is 0.884. The molecule has 10 heteroatoms. The van der Waals surface area contributed by atoms with Gasteiger partial charge in [-0.1, -0.05) is 0 Å². The summed E-state index contributed by atoms with van der Waals surface area (Å²) in [5, 5.41) is 36.9. The fourth-order valence-corrected chi connectivity index (χ4v) is 4.07. The molecule has 2 heterocycles. The Bertz CT molecular complexity index is 1160. The first kappa shape index (κ1) is 24.5. The molecule has 176 valence electrons. The summed E-state index contributed by atoms with van der Waals surface area (Å²) in [5.41, 5.74) is 1.06. The molecule has 1 aliphatic heterocycles. The molecule has 0 bridgehead atoms. The van der Waals surface area contributed by atoms with Crippen LogP contribution in [-0.4, -0.2) is 55.0 Å². The maximum Gasteiger partial charge on any atom is 0.212 e. The first-order valence-corrected chi connectivity index (χ1v) is 10.7. The van der Waals surface area contributed by atoms with Gasteiger partial charge >= 0.3 is 0 Å². The van der Waals surface area contributed by atoms with Gasteiger partial charge in [0.05, 0.1) is 23.3 Å². The van der Waals surface area contributed by atoms with Crippen LogP contribution in [0.2, 0.25) is 0 Å². The number of nitrogens with zero attached hydrogens (tertiary/aromatic N) is 4. The minimum atomic E-state index is -0.698. The second-order valence-corrected chi connectivity index (χ2v) is 7.91. The summed E-state index contributed by atoms with van der Waals surface area (Å²) in [4.78, 5) is 6.98. The van der Waals surface area contributed by atoms with Crippen LogP contribution in [0.4, 0.5) is 14.5 Å². The molecule has 2 aromatic rings. The van der Waals surface area contributed by atoms with E-state index in [4.69, 9.17) is 16.2 Å². The van der Waals surface area contributed by atoms with Crippen molar-refractivity contribution in [2.45, 2.75) is 12.8 Å². The largest absolute Gasteiger partial charge is 0.394 e. The second-order valence-electron chi connectivity index (χ2n) is 7.91. The van der Waals surface area contributed by atoms with Gasteiger partial charge in [0.25, 0.3) is 0 Å². The highest BCUT2D eigenvalue weighted by molar-refractivity contribution is 6.10. The van der Waals surface area contributed by atoms with Crippen LogP contribution in [0, 0.1) is 45.2 Å². The number of pyridine rings is 1. The zero-order valence-corrected chi connectivity index (χ0v) is 19.0. The number of nitrogens with one attached hydrogen (secondary N) is 4. The van der Waals surface area contributed by atoms with Gasteiger partial charge in [0, 0.05) is 56.0 Å². The third kappa shape index (κ3) is 4.93. The number of anilines is 1. The fourth-order valence-electron chi connectivity index (χ4n) is 4.07. The van der Waals surface area contributed by atoms with Crippen molar-refractivity contribution in [1.29, 1.82) is 21.5 Å². The van der Waals surface area contributed by atoms with E-state index in [1.165, 1.54) is 29.4 Å². The van der Waals surface area contributed by atoms with Crippen molar-refractivity contribution >= 4 is 23.6 Å². The van der Waals surface area contributed by atoms with Crippen LogP contribution in [-0.2, 0) is 0 Å². The van der Waals surface area contributed by atoms with Crippen LogP contribution >= 0.6 is 0 Å². The van der Waals surface area contributed by atoms with Crippen molar-refractivity contribution in [2.24, 2.45) is 5.92 Å². The van der Waals surface area contributed by atoms with Crippen LogP contribution in [0.1, 0.15) is 24.0 Å². The number of allylic oxidation sites excluding steroid dienone is 1. The standard InChI is InChI=1S/C24H26F2N8/c1-31-8-5-20(29)17-11-19(25)22(16-3-4-21(26)32-13-16)23(18(17)12-27)34-9-6-15(7-10-34)24(30)33(2)14-28/h3-5,8,11,13-15,28-31H,6-7,9-10H2,1-2H3/b8-5-,28-14?,29-20?,30-24?. The van der Waals surface area contributed by atoms with Gasteiger partial charge in [0.2, 0.25) is 5.95 Å². The van der Waals surface area contributed by atoms with Gasteiger partial charge in [-0.05, 0) is 43.3 Å². The lowest BCUT2D eigenvalue weighted by atomic mass is 9.90. The van der Waals surface area contributed by atoms with E-state index in [9.17, 15) is 9.65 Å². The number of benzene rings is 1. The normalized spacial score (nSPS) is 14.0. The van der Waals surface area contributed by atoms with Crippen molar-refractivity contribution in [3.05, 3.63) is 59.6 Å².